The molecule has 1 aliphatic carbocycles. The Morgan fingerprint density at radius 1 is 1.15 bits per heavy atom. The van der Waals surface area contributed by atoms with Gasteiger partial charge < -0.3 is 10.2 Å². The smallest absolute Gasteiger partial charge is 0.227 e. The summed E-state index contributed by atoms with van der Waals surface area (Å²) in [6.45, 7) is 2.19. The molecule has 1 N–H and O–H groups in total. The first-order valence-corrected chi connectivity index (χ1v) is 7.64. The summed E-state index contributed by atoms with van der Waals surface area (Å²) in [7, 11) is 0. The van der Waals surface area contributed by atoms with E-state index >= 15 is 0 Å². The molecule has 3 nitrogen and oxygen atoms in total. The molecule has 1 unspecified atom stereocenters. The zero-order chi connectivity index (χ0) is 13.8. The summed E-state index contributed by atoms with van der Waals surface area (Å²) in [6, 6.07) is 8.18. The molecule has 106 valence electrons. The number of carbonyl (C=O) groups is 1. The van der Waals surface area contributed by atoms with E-state index in [1.807, 2.05) is 18.2 Å². The van der Waals surface area contributed by atoms with Gasteiger partial charge in [-0.1, -0.05) is 24.3 Å². The third-order valence-electron chi connectivity index (χ3n) is 4.25. The molecule has 0 spiro atoms. The predicted molar refractivity (Wildman–Crippen MR) is 83.0 cm³/mol. The van der Waals surface area contributed by atoms with E-state index in [0.717, 1.165) is 38.0 Å². The van der Waals surface area contributed by atoms with Gasteiger partial charge in [0.2, 0.25) is 5.91 Å². The quantitative estimate of drug-likeness (QED) is 0.851. The summed E-state index contributed by atoms with van der Waals surface area (Å²) >= 11 is 0. The summed E-state index contributed by atoms with van der Waals surface area (Å²) in [5, 5.41) is 3.14. The molecule has 0 radical (unpaired) electrons. The van der Waals surface area contributed by atoms with Gasteiger partial charge in [0.1, 0.15) is 0 Å². The molecule has 1 heterocycles. The molecule has 1 saturated heterocycles. The first kappa shape index (κ1) is 13.2. The highest BCUT2D eigenvalue weighted by Gasteiger charge is 2.21. The average Bonchev–Trinajstić information content (AvgIpc) is 3.03. The molecule has 1 aromatic carbocycles. The molecule has 1 amide bonds. The Kier molecular flexibility index (Phi) is 4.05. The highest BCUT2D eigenvalue weighted by Crippen LogP contribution is 2.30. The first-order valence-electron chi connectivity index (χ1n) is 7.64. The van der Waals surface area contributed by atoms with Crippen LogP contribution in [0.25, 0.3) is 0 Å². The molecule has 0 saturated carbocycles. The van der Waals surface area contributed by atoms with Gasteiger partial charge in [-0.05, 0) is 44.2 Å². The van der Waals surface area contributed by atoms with Crippen molar-refractivity contribution < 1.29 is 4.79 Å². The SMILES string of the molecule is O=C(Nc1ccccc1N1CCCC1)C1CC=CCC1. The number of amides is 1. The van der Waals surface area contributed by atoms with Crippen LogP contribution in [0.15, 0.2) is 36.4 Å². The van der Waals surface area contributed by atoms with Gasteiger partial charge in [0, 0.05) is 19.0 Å². The van der Waals surface area contributed by atoms with Crippen LogP contribution in [0.3, 0.4) is 0 Å². The minimum atomic E-state index is 0.131. The number of rotatable bonds is 3. The molecule has 1 aromatic rings. The lowest BCUT2D eigenvalue weighted by atomic mass is 9.93. The fraction of sp³-hybridized carbons (Fsp3) is 0.471. The highest BCUT2D eigenvalue weighted by molar-refractivity contribution is 5.96. The summed E-state index contributed by atoms with van der Waals surface area (Å²) in [4.78, 5) is 14.7. The predicted octanol–water partition coefficient (Wildman–Crippen LogP) is 3.58. The van der Waals surface area contributed by atoms with Gasteiger partial charge in [-0.2, -0.15) is 0 Å². The van der Waals surface area contributed by atoms with Gasteiger partial charge in [-0.25, -0.2) is 0 Å². The topological polar surface area (TPSA) is 32.3 Å². The van der Waals surface area contributed by atoms with Crippen LogP contribution in [-0.4, -0.2) is 19.0 Å². The van der Waals surface area contributed by atoms with Gasteiger partial charge in [-0.15, -0.1) is 0 Å². The molecule has 0 bridgehead atoms. The van der Waals surface area contributed by atoms with Crippen LogP contribution in [0.2, 0.25) is 0 Å². The number of carbonyl (C=O) groups excluding carboxylic acids is 1. The van der Waals surface area contributed by atoms with Crippen LogP contribution in [0.5, 0.6) is 0 Å². The Labute approximate surface area is 120 Å². The van der Waals surface area contributed by atoms with Gasteiger partial charge in [-0.3, -0.25) is 4.79 Å². The van der Waals surface area contributed by atoms with Crippen molar-refractivity contribution in [3.05, 3.63) is 36.4 Å². The average molecular weight is 270 g/mol. The summed E-state index contributed by atoms with van der Waals surface area (Å²) in [6.07, 6.45) is 9.64. The number of hydrogen-bond acceptors (Lipinski definition) is 2. The van der Waals surface area contributed by atoms with Crippen molar-refractivity contribution in [2.24, 2.45) is 5.92 Å². The van der Waals surface area contributed by atoms with Crippen molar-refractivity contribution in [3.8, 4) is 0 Å². The number of anilines is 2. The molecule has 1 aliphatic heterocycles. The van der Waals surface area contributed by atoms with E-state index in [4.69, 9.17) is 0 Å². The number of nitrogens with one attached hydrogen (secondary N) is 1. The van der Waals surface area contributed by atoms with Gasteiger partial charge in [0.05, 0.1) is 11.4 Å². The zero-order valence-corrected chi connectivity index (χ0v) is 11.8. The van der Waals surface area contributed by atoms with Crippen LogP contribution in [0.1, 0.15) is 32.1 Å². The van der Waals surface area contributed by atoms with Crippen LogP contribution in [-0.2, 0) is 4.79 Å². The third kappa shape index (κ3) is 2.87. The molecular weight excluding hydrogens is 248 g/mol. The zero-order valence-electron chi connectivity index (χ0n) is 11.8. The van der Waals surface area contributed by atoms with Crippen molar-refractivity contribution in [2.75, 3.05) is 23.3 Å². The minimum absolute atomic E-state index is 0.131. The lowest BCUT2D eigenvalue weighted by Gasteiger charge is -2.23. The Bertz CT molecular complexity index is 503. The van der Waals surface area contributed by atoms with Crippen molar-refractivity contribution in [2.45, 2.75) is 32.1 Å². The van der Waals surface area contributed by atoms with E-state index in [0.29, 0.717) is 0 Å². The number of hydrogen-bond donors (Lipinski definition) is 1. The standard InChI is InChI=1S/C17H22N2O/c20-17(14-8-2-1-3-9-14)18-15-10-4-5-11-16(15)19-12-6-7-13-19/h1-2,4-5,10-11,14H,3,6-9,12-13H2,(H,18,20). The van der Waals surface area contributed by atoms with Crippen LogP contribution in [0.4, 0.5) is 11.4 Å². The molecule has 2 aliphatic rings. The summed E-state index contributed by atoms with van der Waals surface area (Å²) in [5.41, 5.74) is 2.14. The lowest BCUT2D eigenvalue weighted by molar-refractivity contribution is -0.120. The van der Waals surface area contributed by atoms with E-state index in [-0.39, 0.29) is 11.8 Å². The minimum Gasteiger partial charge on any atom is -0.370 e. The van der Waals surface area contributed by atoms with Gasteiger partial charge in [0.15, 0.2) is 0 Å². The van der Waals surface area contributed by atoms with Crippen molar-refractivity contribution in [3.63, 3.8) is 0 Å². The van der Waals surface area contributed by atoms with Gasteiger partial charge in [0.25, 0.3) is 0 Å². The van der Waals surface area contributed by atoms with Crippen molar-refractivity contribution >= 4 is 17.3 Å². The third-order valence-corrected chi connectivity index (χ3v) is 4.25. The van der Waals surface area contributed by atoms with Crippen molar-refractivity contribution in [1.82, 2.24) is 0 Å². The second-order valence-corrected chi connectivity index (χ2v) is 5.68. The highest BCUT2D eigenvalue weighted by atomic mass is 16.1. The number of nitrogens with zero attached hydrogens (tertiary/aromatic N) is 1. The molecule has 20 heavy (non-hydrogen) atoms. The monoisotopic (exact) mass is 270 g/mol. The summed E-state index contributed by atoms with van der Waals surface area (Å²) < 4.78 is 0. The van der Waals surface area contributed by atoms with E-state index in [2.05, 4.69) is 28.4 Å². The van der Waals surface area contributed by atoms with Crippen LogP contribution in [0, 0.1) is 5.92 Å². The molecular formula is C17H22N2O. The molecule has 3 rings (SSSR count). The van der Waals surface area contributed by atoms with Gasteiger partial charge >= 0.3 is 0 Å². The Morgan fingerprint density at radius 3 is 2.70 bits per heavy atom. The number of benzene rings is 1. The second kappa shape index (κ2) is 6.12. The number of allylic oxidation sites excluding steroid dienone is 2. The Balaban J connectivity index is 1.73. The Morgan fingerprint density at radius 2 is 1.95 bits per heavy atom. The fourth-order valence-electron chi connectivity index (χ4n) is 3.08. The molecule has 0 aromatic heterocycles. The molecule has 1 atom stereocenters. The summed E-state index contributed by atoms with van der Waals surface area (Å²) in [5.74, 6) is 0.299. The maximum atomic E-state index is 12.4. The molecule has 3 heteroatoms. The fourth-order valence-corrected chi connectivity index (χ4v) is 3.08. The second-order valence-electron chi connectivity index (χ2n) is 5.68. The molecule has 1 fully saturated rings. The maximum Gasteiger partial charge on any atom is 0.227 e. The van der Waals surface area contributed by atoms with E-state index in [1.165, 1.54) is 18.5 Å². The largest absolute Gasteiger partial charge is 0.370 e. The maximum absolute atomic E-state index is 12.4. The van der Waals surface area contributed by atoms with E-state index in [9.17, 15) is 4.79 Å². The normalized spacial score (nSPS) is 22.0. The van der Waals surface area contributed by atoms with E-state index < -0.39 is 0 Å². The first-order chi connectivity index (χ1) is 9.84. The number of para-hydroxylation sites is 2. The van der Waals surface area contributed by atoms with E-state index in [1.54, 1.807) is 0 Å². The Hall–Kier alpha value is -1.77. The van der Waals surface area contributed by atoms with Crippen molar-refractivity contribution in [1.29, 1.82) is 0 Å². The van der Waals surface area contributed by atoms with Crippen LogP contribution >= 0.6 is 0 Å². The lowest BCUT2D eigenvalue weighted by Crippen LogP contribution is -2.25. The van der Waals surface area contributed by atoms with Crippen LogP contribution < -0.4 is 10.2 Å².